The molecule has 0 N–H and O–H groups in total. The summed E-state index contributed by atoms with van der Waals surface area (Å²) >= 11 is 0. The average Bonchev–Trinajstić information content (AvgIpc) is 3.29. The standard InChI is InChI=1S/C27H30N2O6/c1-32-24-9-7-18(15-25(24)33-2)27(31)29-13-11-28(12-14-29)26(30)17-34-19-8-10-23-21(16-19)20-5-3-4-6-22(20)35-23/h7-10,15-16H,3-6,11-14,17H2,1-2H3. The largest absolute Gasteiger partial charge is 0.493 e. The van der Waals surface area contributed by atoms with E-state index in [0.29, 0.717) is 49.0 Å². The van der Waals surface area contributed by atoms with Crippen LogP contribution in [0.15, 0.2) is 40.8 Å². The molecule has 2 aromatic carbocycles. The van der Waals surface area contributed by atoms with Crippen molar-refractivity contribution in [1.82, 2.24) is 9.80 Å². The summed E-state index contributed by atoms with van der Waals surface area (Å²) in [4.78, 5) is 29.2. The summed E-state index contributed by atoms with van der Waals surface area (Å²) in [5, 5.41) is 1.09. The van der Waals surface area contributed by atoms with Gasteiger partial charge in [-0.2, -0.15) is 0 Å². The normalized spacial score (nSPS) is 15.6. The number of carbonyl (C=O) groups excluding carboxylic acids is 2. The summed E-state index contributed by atoms with van der Waals surface area (Å²) < 4.78 is 22.4. The Morgan fingerprint density at radius 2 is 1.63 bits per heavy atom. The van der Waals surface area contributed by atoms with Crippen molar-refractivity contribution in [2.45, 2.75) is 25.7 Å². The van der Waals surface area contributed by atoms with E-state index in [0.717, 1.165) is 36.0 Å². The fraction of sp³-hybridized carbons (Fsp3) is 0.407. The first-order chi connectivity index (χ1) is 17.1. The van der Waals surface area contributed by atoms with Crippen molar-refractivity contribution in [3.8, 4) is 17.2 Å². The maximum atomic E-state index is 12.9. The zero-order valence-electron chi connectivity index (χ0n) is 20.2. The molecule has 35 heavy (non-hydrogen) atoms. The molecule has 0 spiro atoms. The summed E-state index contributed by atoms with van der Waals surface area (Å²) in [5.41, 5.74) is 2.69. The highest BCUT2D eigenvalue weighted by atomic mass is 16.5. The molecule has 0 radical (unpaired) electrons. The van der Waals surface area contributed by atoms with Gasteiger partial charge in [-0.25, -0.2) is 0 Å². The van der Waals surface area contributed by atoms with E-state index in [1.807, 2.05) is 18.2 Å². The molecule has 184 valence electrons. The van der Waals surface area contributed by atoms with Gasteiger partial charge in [0.05, 0.1) is 14.2 Å². The Morgan fingerprint density at radius 1 is 0.886 bits per heavy atom. The van der Waals surface area contributed by atoms with Crippen LogP contribution in [0.5, 0.6) is 17.2 Å². The summed E-state index contributed by atoms with van der Waals surface area (Å²) in [5.74, 6) is 2.66. The number of ether oxygens (including phenoxy) is 3. The van der Waals surface area contributed by atoms with Crippen molar-refractivity contribution in [2.75, 3.05) is 47.0 Å². The number of hydrogen-bond acceptors (Lipinski definition) is 6. The third kappa shape index (κ3) is 4.65. The number of aryl methyl sites for hydroxylation is 2. The van der Waals surface area contributed by atoms with Crippen LogP contribution in [0.4, 0.5) is 0 Å². The number of nitrogens with zero attached hydrogens (tertiary/aromatic N) is 2. The van der Waals surface area contributed by atoms with Crippen LogP contribution in [0, 0.1) is 0 Å². The van der Waals surface area contributed by atoms with Crippen molar-refractivity contribution >= 4 is 22.8 Å². The molecule has 2 heterocycles. The highest BCUT2D eigenvalue weighted by molar-refractivity contribution is 5.95. The second-order valence-corrected chi connectivity index (χ2v) is 8.90. The molecule has 8 nitrogen and oxygen atoms in total. The fourth-order valence-corrected chi connectivity index (χ4v) is 4.88. The van der Waals surface area contributed by atoms with E-state index in [9.17, 15) is 9.59 Å². The molecular weight excluding hydrogens is 448 g/mol. The zero-order chi connectivity index (χ0) is 24.4. The van der Waals surface area contributed by atoms with Gasteiger partial charge in [0, 0.05) is 49.1 Å². The minimum absolute atomic E-state index is 0.0326. The number of furan rings is 1. The highest BCUT2D eigenvalue weighted by Crippen LogP contribution is 2.34. The van der Waals surface area contributed by atoms with E-state index >= 15 is 0 Å². The van der Waals surface area contributed by atoms with Gasteiger partial charge in [0.1, 0.15) is 17.1 Å². The number of methoxy groups -OCH3 is 2. The second kappa shape index (κ2) is 9.90. The van der Waals surface area contributed by atoms with Crippen molar-refractivity contribution in [3.63, 3.8) is 0 Å². The van der Waals surface area contributed by atoms with Gasteiger partial charge in [-0.1, -0.05) is 0 Å². The van der Waals surface area contributed by atoms with Gasteiger partial charge in [-0.05, 0) is 55.7 Å². The number of benzene rings is 2. The van der Waals surface area contributed by atoms with Crippen LogP contribution >= 0.6 is 0 Å². The molecule has 8 heteroatoms. The van der Waals surface area contributed by atoms with Gasteiger partial charge in [-0.15, -0.1) is 0 Å². The first kappa shape index (κ1) is 23.1. The number of rotatable bonds is 6. The van der Waals surface area contributed by atoms with Crippen molar-refractivity contribution in [3.05, 3.63) is 53.3 Å². The number of fused-ring (bicyclic) bond motifs is 3. The SMILES string of the molecule is COc1ccc(C(=O)N2CCN(C(=O)COc3ccc4oc5c(c4c3)CCCC5)CC2)cc1OC. The second-order valence-electron chi connectivity index (χ2n) is 8.90. The molecule has 1 aliphatic carbocycles. The highest BCUT2D eigenvalue weighted by Gasteiger charge is 2.26. The van der Waals surface area contributed by atoms with Crippen LogP contribution < -0.4 is 14.2 Å². The number of hydrogen-bond donors (Lipinski definition) is 0. The Morgan fingerprint density at radius 3 is 2.40 bits per heavy atom. The van der Waals surface area contributed by atoms with Gasteiger partial charge in [0.25, 0.3) is 11.8 Å². The molecule has 2 amide bonds. The Bertz CT molecular complexity index is 1240. The lowest BCUT2D eigenvalue weighted by atomic mass is 9.96. The lowest BCUT2D eigenvalue weighted by molar-refractivity contribution is -0.134. The number of carbonyl (C=O) groups is 2. The van der Waals surface area contributed by atoms with Crippen molar-refractivity contribution in [2.24, 2.45) is 0 Å². The molecule has 0 bridgehead atoms. The predicted molar refractivity (Wildman–Crippen MR) is 130 cm³/mol. The minimum atomic E-state index is -0.0916. The maximum absolute atomic E-state index is 12.9. The smallest absolute Gasteiger partial charge is 0.260 e. The molecular formula is C27H30N2O6. The van der Waals surface area contributed by atoms with E-state index in [1.165, 1.54) is 12.0 Å². The van der Waals surface area contributed by atoms with Gasteiger partial charge in [0.15, 0.2) is 18.1 Å². The quantitative estimate of drug-likeness (QED) is 0.538. The molecule has 0 saturated carbocycles. The van der Waals surface area contributed by atoms with Gasteiger partial charge >= 0.3 is 0 Å². The van der Waals surface area contributed by atoms with E-state index < -0.39 is 0 Å². The van der Waals surface area contributed by atoms with E-state index in [2.05, 4.69) is 0 Å². The number of amides is 2. The van der Waals surface area contributed by atoms with Crippen molar-refractivity contribution < 1.29 is 28.2 Å². The van der Waals surface area contributed by atoms with Gasteiger partial charge in [0.2, 0.25) is 0 Å². The van der Waals surface area contributed by atoms with Crippen LogP contribution in [-0.2, 0) is 17.6 Å². The van der Waals surface area contributed by atoms with Gasteiger partial charge in [-0.3, -0.25) is 9.59 Å². The molecule has 1 aromatic heterocycles. The third-order valence-corrected chi connectivity index (χ3v) is 6.84. The van der Waals surface area contributed by atoms with E-state index in [-0.39, 0.29) is 18.4 Å². The Hall–Kier alpha value is -3.68. The summed E-state index contributed by atoms with van der Waals surface area (Å²) in [6.07, 6.45) is 4.35. The third-order valence-electron chi connectivity index (χ3n) is 6.84. The monoisotopic (exact) mass is 478 g/mol. The summed E-state index contributed by atoms with van der Waals surface area (Å²) in [7, 11) is 3.10. The Labute approximate surface area is 204 Å². The topological polar surface area (TPSA) is 81.5 Å². The summed E-state index contributed by atoms with van der Waals surface area (Å²) in [6, 6.07) is 10.9. The van der Waals surface area contributed by atoms with Gasteiger partial charge < -0.3 is 28.4 Å². The maximum Gasteiger partial charge on any atom is 0.260 e. The first-order valence-corrected chi connectivity index (χ1v) is 12.0. The van der Waals surface area contributed by atoms with Crippen LogP contribution in [0.25, 0.3) is 11.0 Å². The molecule has 5 rings (SSSR count). The van der Waals surface area contributed by atoms with E-state index in [1.54, 1.807) is 42.2 Å². The lowest BCUT2D eigenvalue weighted by Gasteiger charge is -2.34. The molecule has 1 aliphatic heterocycles. The number of piperazine rings is 1. The van der Waals surface area contributed by atoms with Crippen molar-refractivity contribution in [1.29, 1.82) is 0 Å². The Kier molecular flexibility index (Phi) is 6.53. The predicted octanol–water partition coefficient (Wildman–Crippen LogP) is 3.69. The van der Waals surface area contributed by atoms with Crippen LogP contribution in [0.2, 0.25) is 0 Å². The van der Waals surface area contributed by atoms with Crippen LogP contribution in [-0.4, -0.2) is 68.6 Å². The molecule has 1 saturated heterocycles. The minimum Gasteiger partial charge on any atom is -0.493 e. The fourth-order valence-electron chi connectivity index (χ4n) is 4.88. The van der Waals surface area contributed by atoms with Crippen LogP contribution in [0.1, 0.15) is 34.5 Å². The lowest BCUT2D eigenvalue weighted by Crippen LogP contribution is -2.51. The molecule has 1 fully saturated rings. The Balaban J connectivity index is 1.16. The zero-order valence-corrected chi connectivity index (χ0v) is 20.2. The molecule has 3 aromatic rings. The molecule has 0 atom stereocenters. The molecule has 2 aliphatic rings. The first-order valence-electron chi connectivity index (χ1n) is 12.0. The van der Waals surface area contributed by atoms with Crippen LogP contribution in [0.3, 0.4) is 0 Å². The average molecular weight is 479 g/mol. The summed E-state index contributed by atoms with van der Waals surface area (Å²) in [6.45, 7) is 1.83. The molecule has 0 unspecified atom stereocenters. The van der Waals surface area contributed by atoms with E-state index in [4.69, 9.17) is 18.6 Å².